The van der Waals surface area contributed by atoms with Gasteiger partial charge in [-0.15, -0.1) is 24.0 Å². The highest BCUT2D eigenvalue weighted by molar-refractivity contribution is 14.0. The molecule has 0 saturated carbocycles. The number of rotatable bonds is 5. The molecule has 5 nitrogen and oxygen atoms in total. The average Bonchev–Trinajstić information content (AvgIpc) is 3.28. The Morgan fingerprint density at radius 3 is 2.62 bits per heavy atom. The Hall–Kier alpha value is -1.96. The number of nitrogens with one attached hydrogen (secondary N) is 1. The second kappa shape index (κ2) is 9.66. The number of hydrogen-bond donors (Lipinski definition) is 1. The molecule has 140 valence electrons. The smallest absolute Gasteiger partial charge is 0.194 e. The van der Waals surface area contributed by atoms with Crippen molar-refractivity contribution in [2.75, 3.05) is 32.1 Å². The number of aliphatic imine (C=N–C) groups is 1. The molecule has 0 spiro atoms. The molecule has 6 heteroatoms. The Morgan fingerprint density at radius 2 is 1.96 bits per heavy atom. The van der Waals surface area contributed by atoms with E-state index in [9.17, 15) is 0 Å². The zero-order valence-electron chi connectivity index (χ0n) is 15.7. The van der Waals surface area contributed by atoms with Crippen molar-refractivity contribution < 1.29 is 0 Å². The third-order valence-electron chi connectivity index (χ3n) is 4.57. The summed E-state index contributed by atoms with van der Waals surface area (Å²) in [5.41, 5.74) is 3.79. The molecule has 3 rings (SSSR count). The number of benzene rings is 1. The standard InChI is InChI=1S/C20H27N5.HI/c1-21-20(24(3)16-19-10-7-11-23(19)2)22-15-17-8-6-9-18(14-17)25-12-4-5-13-25;/h4-11,14H,12-13,15-16H2,1-3H3,(H,21,22);1H. The van der Waals surface area contributed by atoms with Crippen LogP contribution in [0.1, 0.15) is 11.3 Å². The highest BCUT2D eigenvalue weighted by Crippen LogP contribution is 2.18. The van der Waals surface area contributed by atoms with Gasteiger partial charge in [-0.3, -0.25) is 4.99 Å². The maximum Gasteiger partial charge on any atom is 0.194 e. The van der Waals surface area contributed by atoms with Crippen molar-refractivity contribution in [1.82, 2.24) is 14.8 Å². The molecule has 1 aromatic heterocycles. The molecule has 0 fully saturated rings. The largest absolute Gasteiger partial charge is 0.364 e. The predicted molar refractivity (Wildman–Crippen MR) is 120 cm³/mol. The molecule has 0 unspecified atom stereocenters. The fraction of sp³-hybridized carbons (Fsp3) is 0.350. The first-order valence-corrected chi connectivity index (χ1v) is 8.68. The van der Waals surface area contributed by atoms with Gasteiger partial charge in [0.2, 0.25) is 0 Å². The molecule has 0 saturated heterocycles. The van der Waals surface area contributed by atoms with Crippen LogP contribution in [0.2, 0.25) is 0 Å². The summed E-state index contributed by atoms with van der Waals surface area (Å²) in [4.78, 5) is 8.92. The molecule has 0 atom stereocenters. The zero-order chi connectivity index (χ0) is 17.6. The molecular weight excluding hydrogens is 437 g/mol. The van der Waals surface area contributed by atoms with Crippen LogP contribution in [0.3, 0.4) is 0 Å². The van der Waals surface area contributed by atoms with Crippen molar-refractivity contribution in [3.8, 4) is 0 Å². The summed E-state index contributed by atoms with van der Waals surface area (Å²) in [7, 11) is 5.96. The summed E-state index contributed by atoms with van der Waals surface area (Å²) < 4.78 is 2.14. The van der Waals surface area contributed by atoms with Crippen LogP contribution >= 0.6 is 24.0 Å². The minimum absolute atomic E-state index is 0. The van der Waals surface area contributed by atoms with Crippen molar-refractivity contribution in [2.24, 2.45) is 12.0 Å². The van der Waals surface area contributed by atoms with Gasteiger partial charge in [0.25, 0.3) is 0 Å². The second-order valence-corrected chi connectivity index (χ2v) is 6.41. The van der Waals surface area contributed by atoms with Crippen molar-refractivity contribution in [3.63, 3.8) is 0 Å². The van der Waals surface area contributed by atoms with E-state index in [1.54, 1.807) is 0 Å². The highest BCUT2D eigenvalue weighted by atomic mass is 127. The van der Waals surface area contributed by atoms with E-state index in [0.29, 0.717) is 0 Å². The van der Waals surface area contributed by atoms with E-state index < -0.39 is 0 Å². The Labute approximate surface area is 173 Å². The maximum atomic E-state index is 4.41. The SMILES string of the molecule is CN=C(NCc1cccc(N2CC=CC2)c1)N(C)Cc1cccn1C.I. The molecule has 0 radical (unpaired) electrons. The van der Waals surface area contributed by atoms with Gasteiger partial charge in [-0.05, 0) is 29.8 Å². The van der Waals surface area contributed by atoms with Gasteiger partial charge in [0.1, 0.15) is 0 Å². The molecule has 1 N–H and O–H groups in total. The number of halogens is 1. The summed E-state index contributed by atoms with van der Waals surface area (Å²) in [6.45, 7) is 3.58. The number of hydrogen-bond acceptors (Lipinski definition) is 2. The molecular formula is C20H28IN5. The van der Waals surface area contributed by atoms with Crippen LogP contribution in [0, 0.1) is 0 Å². The summed E-state index contributed by atoms with van der Waals surface area (Å²) in [6.07, 6.45) is 6.49. The van der Waals surface area contributed by atoms with E-state index in [1.165, 1.54) is 16.9 Å². The van der Waals surface area contributed by atoms with Gasteiger partial charge in [-0.25, -0.2) is 0 Å². The topological polar surface area (TPSA) is 35.8 Å². The van der Waals surface area contributed by atoms with Crippen molar-refractivity contribution in [1.29, 1.82) is 0 Å². The third-order valence-corrected chi connectivity index (χ3v) is 4.57. The van der Waals surface area contributed by atoms with Crippen LogP contribution in [0.4, 0.5) is 5.69 Å². The first-order valence-electron chi connectivity index (χ1n) is 8.68. The lowest BCUT2D eigenvalue weighted by Gasteiger charge is -2.23. The third kappa shape index (κ3) is 5.03. The Balaban J connectivity index is 0.00000243. The molecule has 1 aliphatic rings. The lowest BCUT2D eigenvalue weighted by Crippen LogP contribution is -2.38. The summed E-state index contributed by atoms with van der Waals surface area (Å²) in [6, 6.07) is 12.9. The molecule has 0 amide bonds. The van der Waals surface area contributed by atoms with Gasteiger partial charge in [-0.2, -0.15) is 0 Å². The van der Waals surface area contributed by atoms with Crippen molar-refractivity contribution >= 4 is 35.6 Å². The fourth-order valence-corrected chi connectivity index (χ4v) is 3.10. The Bertz CT molecular complexity index is 757. The van der Waals surface area contributed by atoms with Crippen LogP contribution in [0.25, 0.3) is 0 Å². The lowest BCUT2D eigenvalue weighted by molar-refractivity contribution is 0.461. The van der Waals surface area contributed by atoms with Crippen LogP contribution < -0.4 is 10.2 Å². The van der Waals surface area contributed by atoms with Crippen LogP contribution in [0.5, 0.6) is 0 Å². The molecule has 0 aliphatic carbocycles. The van der Waals surface area contributed by atoms with E-state index >= 15 is 0 Å². The van der Waals surface area contributed by atoms with Gasteiger partial charge in [-0.1, -0.05) is 24.3 Å². The van der Waals surface area contributed by atoms with Gasteiger partial charge in [0.05, 0.1) is 6.54 Å². The normalized spacial score (nSPS) is 13.7. The van der Waals surface area contributed by atoms with Crippen LogP contribution in [-0.4, -0.2) is 42.6 Å². The number of aryl methyl sites for hydroxylation is 1. The van der Waals surface area contributed by atoms with Gasteiger partial charge >= 0.3 is 0 Å². The number of anilines is 1. The summed E-state index contributed by atoms with van der Waals surface area (Å²) in [5.74, 6) is 0.898. The van der Waals surface area contributed by atoms with E-state index in [1.807, 2.05) is 7.05 Å². The molecule has 26 heavy (non-hydrogen) atoms. The first kappa shape index (κ1) is 20.4. The quantitative estimate of drug-likeness (QED) is 0.319. The van der Waals surface area contributed by atoms with E-state index in [4.69, 9.17) is 0 Å². The molecule has 0 bridgehead atoms. The Morgan fingerprint density at radius 1 is 1.19 bits per heavy atom. The first-order chi connectivity index (χ1) is 12.2. The molecule has 2 heterocycles. The summed E-state index contributed by atoms with van der Waals surface area (Å²) in [5, 5.41) is 3.47. The second-order valence-electron chi connectivity index (χ2n) is 6.41. The minimum atomic E-state index is 0. The number of aromatic nitrogens is 1. The summed E-state index contributed by atoms with van der Waals surface area (Å²) >= 11 is 0. The van der Waals surface area contributed by atoms with Gasteiger partial charge in [0, 0.05) is 58.4 Å². The lowest BCUT2D eigenvalue weighted by atomic mass is 10.2. The van der Waals surface area contributed by atoms with E-state index in [-0.39, 0.29) is 24.0 Å². The van der Waals surface area contributed by atoms with Crippen molar-refractivity contribution in [2.45, 2.75) is 13.1 Å². The molecule has 1 aliphatic heterocycles. The number of guanidine groups is 1. The minimum Gasteiger partial charge on any atom is -0.364 e. The fourth-order valence-electron chi connectivity index (χ4n) is 3.10. The molecule has 2 aromatic rings. The van der Waals surface area contributed by atoms with E-state index in [2.05, 4.69) is 93.5 Å². The monoisotopic (exact) mass is 465 g/mol. The zero-order valence-corrected chi connectivity index (χ0v) is 18.1. The molecule has 1 aromatic carbocycles. The average molecular weight is 465 g/mol. The van der Waals surface area contributed by atoms with Crippen LogP contribution in [-0.2, 0) is 20.1 Å². The van der Waals surface area contributed by atoms with Gasteiger partial charge in [0.15, 0.2) is 5.96 Å². The highest BCUT2D eigenvalue weighted by Gasteiger charge is 2.10. The van der Waals surface area contributed by atoms with E-state index in [0.717, 1.165) is 32.1 Å². The van der Waals surface area contributed by atoms with Crippen LogP contribution in [0.15, 0.2) is 59.7 Å². The Kier molecular flexibility index (Phi) is 7.56. The predicted octanol–water partition coefficient (Wildman–Crippen LogP) is 3.23. The van der Waals surface area contributed by atoms with Crippen molar-refractivity contribution in [3.05, 3.63) is 66.0 Å². The maximum absolute atomic E-state index is 4.41. The number of nitrogens with zero attached hydrogens (tertiary/aromatic N) is 4. The van der Waals surface area contributed by atoms with Gasteiger partial charge < -0.3 is 19.7 Å².